The number of ether oxygens (including phenoxy) is 2. The van der Waals surface area contributed by atoms with Crippen molar-refractivity contribution in [1.29, 1.82) is 0 Å². The fraction of sp³-hybridized carbons (Fsp3) is 0.467. The van der Waals surface area contributed by atoms with Gasteiger partial charge in [-0.05, 0) is 30.8 Å². The average molecular weight is 281 g/mol. The van der Waals surface area contributed by atoms with E-state index in [9.17, 15) is 9.18 Å². The van der Waals surface area contributed by atoms with Gasteiger partial charge in [-0.1, -0.05) is 13.0 Å². The van der Waals surface area contributed by atoms with Gasteiger partial charge in [-0.25, -0.2) is 4.39 Å². The number of halogens is 1. The topological polar surface area (TPSA) is 47.9 Å². The van der Waals surface area contributed by atoms with E-state index in [2.05, 4.69) is 16.4 Å². The number of aliphatic imine (C=N–C) groups is 1. The van der Waals surface area contributed by atoms with Crippen molar-refractivity contribution < 1.29 is 18.7 Å². The van der Waals surface area contributed by atoms with Crippen LogP contribution in [0.5, 0.6) is 5.75 Å². The first-order chi connectivity index (χ1) is 9.58. The van der Waals surface area contributed by atoms with Crippen LogP contribution < -0.4 is 4.74 Å². The molecule has 1 aromatic carbocycles. The largest absolute Gasteiger partial charge is 0.490 e. The molecule has 0 saturated heterocycles. The molecule has 0 aliphatic carbocycles. The molecule has 0 N–H and O–H groups in total. The summed E-state index contributed by atoms with van der Waals surface area (Å²) in [6, 6.07) is 4.76. The van der Waals surface area contributed by atoms with Gasteiger partial charge >= 0.3 is 5.97 Å². The zero-order chi connectivity index (χ0) is 15.0. The summed E-state index contributed by atoms with van der Waals surface area (Å²) in [5.74, 6) is -0.354. The minimum atomic E-state index is -0.411. The van der Waals surface area contributed by atoms with E-state index < -0.39 is 5.82 Å². The van der Waals surface area contributed by atoms with Crippen molar-refractivity contribution >= 4 is 12.7 Å². The standard InChI is InChI=1S/C15H20FNO3/c1-11(10-17-2)12-6-7-13(16)14(9-12)20-8-4-5-15(18)19-3/h6-7,9,11H,2,4-5,8,10H2,1,3H3. The van der Waals surface area contributed by atoms with Gasteiger partial charge in [0.05, 0.1) is 13.7 Å². The first-order valence-electron chi connectivity index (χ1n) is 6.50. The molecule has 0 spiro atoms. The zero-order valence-electron chi connectivity index (χ0n) is 11.9. The number of nitrogens with zero attached hydrogens (tertiary/aromatic N) is 1. The third kappa shape index (κ3) is 4.99. The Balaban J connectivity index is 2.58. The van der Waals surface area contributed by atoms with Crippen molar-refractivity contribution in [1.82, 2.24) is 0 Å². The molecule has 0 aliphatic heterocycles. The van der Waals surface area contributed by atoms with Crippen LogP contribution in [0.25, 0.3) is 0 Å². The predicted molar refractivity (Wildman–Crippen MR) is 76.0 cm³/mol. The Bertz CT molecular complexity index is 462. The number of benzene rings is 1. The summed E-state index contributed by atoms with van der Waals surface area (Å²) in [7, 11) is 1.33. The first kappa shape index (κ1) is 16.1. The highest BCUT2D eigenvalue weighted by Gasteiger charge is 2.10. The molecule has 20 heavy (non-hydrogen) atoms. The fourth-order valence-electron chi connectivity index (χ4n) is 1.74. The molecule has 1 rings (SSSR count). The summed E-state index contributed by atoms with van der Waals surface area (Å²) in [5, 5.41) is 0. The van der Waals surface area contributed by atoms with E-state index >= 15 is 0 Å². The highest BCUT2D eigenvalue weighted by atomic mass is 19.1. The van der Waals surface area contributed by atoms with Gasteiger partial charge in [-0.2, -0.15) is 0 Å². The second-order valence-corrected chi connectivity index (χ2v) is 4.53. The second kappa shape index (κ2) is 8.30. The van der Waals surface area contributed by atoms with Gasteiger partial charge in [-0.15, -0.1) is 0 Å². The number of hydrogen-bond donors (Lipinski definition) is 0. The van der Waals surface area contributed by atoms with Crippen LogP contribution in [0, 0.1) is 5.82 Å². The average Bonchev–Trinajstić information content (AvgIpc) is 2.45. The molecule has 5 heteroatoms. The van der Waals surface area contributed by atoms with Crippen molar-refractivity contribution in [3.63, 3.8) is 0 Å². The molecular weight excluding hydrogens is 261 g/mol. The third-order valence-corrected chi connectivity index (χ3v) is 2.94. The van der Waals surface area contributed by atoms with Crippen LogP contribution in [-0.2, 0) is 9.53 Å². The summed E-state index contributed by atoms with van der Waals surface area (Å²) in [6.07, 6.45) is 0.745. The van der Waals surface area contributed by atoms with Crippen molar-refractivity contribution in [2.75, 3.05) is 20.3 Å². The molecule has 0 heterocycles. The molecular formula is C15H20FNO3. The Morgan fingerprint density at radius 2 is 2.25 bits per heavy atom. The first-order valence-corrected chi connectivity index (χ1v) is 6.50. The Labute approximate surface area is 118 Å². The zero-order valence-corrected chi connectivity index (χ0v) is 11.9. The van der Waals surface area contributed by atoms with E-state index in [1.165, 1.54) is 13.2 Å². The van der Waals surface area contributed by atoms with E-state index in [0.717, 1.165) is 5.56 Å². The van der Waals surface area contributed by atoms with Crippen LogP contribution in [0.4, 0.5) is 4.39 Å². The third-order valence-electron chi connectivity index (χ3n) is 2.94. The number of methoxy groups -OCH3 is 1. The van der Waals surface area contributed by atoms with Crippen molar-refractivity contribution in [3.05, 3.63) is 29.6 Å². The van der Waals surface area contributed by atoms with Gasteiger partial charge in [-0.3, -0.25) is 4.79 Å². The Kier molecular flexibility index (Phi) is 6.70. The van der Waals surface area contributed by atoms with Crippen LogP contribution >= 0.6 is 0 Å². The summed E-state index contributed by atoms with van der Waals surface area (Å²) in [4.78, 5) is 14.8. The molecule has 0 aliphatic rings. The van der Waals surface area contributed by atoms with Gasteiger partial charge in [0.25, 0.3) is 0 Å². The van der Waals surface area contributed by atoms with Crippen LogP contribution in [0.1, 0.15) is 31.2 Å². The van der Waals surface area contributed by atoms with E-state index in [4.69, 9.17) is 4.74 Å². The second-order valence-electron chi connectivity index (χ2n) is 4.53. The molecule has 0 aromatic heterocycles. The number of carbonyl (C=O) groups excluding carboxylic acids is 1. The van der Waals surface area contributed by atoms with E-state index in [0.29, 0.717) is 13.0 Å². The maximum absolute atomic E-state index is 13.6. The summed E-state index contributed by atoms with van der Waals surface area (Å²) in [5.41, 5.74) is 0.946. The lowest BCUT2D eigenvalue weighted by Gasteiger charge is -2.12. The van der Waals surface area contributed by atoms with Gasteiger partial charge in [0.1, 0.15) is 0 Å². The molecule has 1 aromatic rings. The lowest BCUT2D eigenvalue weighted by molar-refractivity contribution is -0.140. The Morgan fingerprint density at radius 3 is 2.90 bits per heavy atom. The normalized spacial score (nSPS) is 11.8. The molecule has 1 atom stereocenters. The van der Waals surface area contributed by atoms with Crippen molar-refractivity contribution in [2.24, 2.45) is 4.99 Å². The van der Waals surface area contributed by atoms with Gasteiger partial charge in [0.15, 0.2) is 11.6 Å². The molecule has 0 amide bonds. The monoisotopic (exact) mass is 281 g/mol. The maximum Gasteiger partial charge on any atom is 0.305 e. The van der Waals surface area contributed by atoms with Crippen LogP contribution in [0.15, 0.2) is 23.2 Å². The molecule has 1 unspecified atom stereocenters. The van der Waals surface area contributed by atoms with Crippen LogP contribution in [-0.4, -0.2) is 32.9 Å². The number of carbonyl (C=O) groups is 1. The SMILES string of the molecule is C=NCC(C)c1ccc(F)c(OCCCC(=O)OC)c1. The molecule has 0 saturated carbocycles. The van der Waals surface area contributed by atoms with Crippen molar-refractivity contribution in [3.8, 4) is 5.75 Å². The smallest absolute Gasteiger partial charge is 0.305 e. The van der Waals surface area contributed by atoms with Gasteiger partial charge in [0, 0.05) is 18.9 Å². The molecule has 0 radical (unpaired) electrons. The molecule has 110 valence electrons. The maximum atomic E-state index is 13.6. The fourth-order valence-corrected chi connectivity index (χ4v) is 1.74. The highest BCUT2D eigenvalue weighted by molar-refractivity contribution is 5.69. The number of rotatable bonds is 8. The van der Waals surface area contributed by atoms with Gasteiger partial charge in [0.2, 0.25) is 0 Å². The lowest BCUT2D eigenvalue weighted by atomic mass is 10.0. The molecule has 4 nitrogen and oxygen atoms in total. The van der Waals surface area contributed by atoms with Gasteiger partial charge < -0.3 is 14.5 Å². The van der Waals surface area contributed by atoms with E-state index in [-0.39, 0.29) is 30.7 Å². The number of hydrogen-bond acceptors (Lipinski definition) is 4. The van der Waals surface area contributed by atoms with Crippen molar-refractivity contribution in [2.45, 2.75) is 25.7 Å². The Morgan fingerprint density at radius 1 is 1.50 bits per heavy atom. The number of esters is 1. The highest BCUT2D eigenvalue weighted by Crippen LogP contribution is 2.24. The molecule has 0 fully saturated rings. The summed E-state index contributed by atoms with van der Waals surface area (Å²) in [6.45, 7) is 6.29. The van der Waals surface area contributed by atoms with Crippen LogP contribution in [0.3, 0.4) is 0 Å². The summed E-state index contributed by atoms with van der Waals surface area (Å²) < 4.78 is 23.5. The predicted octanol–water partition coefficient (Wildman–Crippen LogP) is 2.96. The quantitative estimate of drug-likeness (QED) is 0.418. The van der Waals surface area contributed by atoms with E-state index in [1.807, 2.05) is 6.92 Å². The Hall–Kier alpha value is -1.91. The van der Waals surface area contributed by atoms with Crippen LogP contribution in [0.2, 0.25) is 0 Å². The minimum absolute atomic E-state index is 0.158. The van der Waals surface area contributed by atoms with E-state index in [1.54, 1.807) is 12.1 Å². The summed E-state index contributed by atoms with van der Waals surface area (Å²) >= 11 is 0. The lowest BCUT2D eigenvalue weighted by Crippen LogP contribution is -2.06. The molecule has 0 bridgehead atoms. The minimum Gasteiger partial charge on any atom is -0.490 e.